The van der Waals surface area contributed by atoms with Gasteiger partial charge < -0.3 is 24.3 Å². The Bertz CT molecular complexity index is 1030. The molecule has 0 aromatic carbocycles. The summed E-state index contributed by atoms with van der Waals surface area (Å²) in [6, 6.07) is -1.55. The molecule has 15 heteroatoms. The number of rotatable bonds is 7. The van der Waals surface area contributed by atoms with Gasteiger partial charge in [0.05, 0.1) is 6.04 Å². The lowest BCUT2D eigenvalue weighted by Gasteiger charge is -2.32. The van der Waals surface area contributed by atoms with Crippen molar-refractivity contribution in [2.45, 2.75) is 76.6 Å². The van der Waals surface area contributed by atoms with Gasteiger partial charge in [0.2, 0.25) is 11.8 Å². The molecule has 3 amide bonds. The maximum absolute atomic E-state index is 12.6. The number of alkyl carbamates (subject to hydrolysis) is 1. The molecule has 1 aromatic heterocycles. The summed E-state index contributed by atoms with van der Waals surface area (Å²) in [5.41, 5.74) is -0.525. The summed E-state index contributed by atoms with van der Waals surface area (Å²) >= 11 is 0. The molecule has 3 fully saturated rings. The molecule has 1 aromatic rings. The number of fused-ring (bicyclic) bond motifs is 2. The Hall–Kier alpha value is -2.49. The van der Waals surface area contributed by atoms with Gasteiger partial charge in [0.25, 0.3) is 0 Å². The largest absolute Gasteiger partial charge is 0.444 e. The van der Waals surface area contributed by atoms with Crippen molar-refractivity contribution in [1.82, 2.24) is 30.4 Å². The minimum absolute atomic E-state index is 0.0774. The Morgan fingerprint density at radius 1 is 1.20 bits per heavy atom. The first-order chi connectivity index (χ1) is 16.4. The lowest BCUT2D eigenvalue weighted by molar-refractivity contribution is -0.0317. The van der Waals surface area contributed by atoms with Crippen molar-refractivity contribution in [2.75, 3.05) is 26.2 Å². The smallest absolute Gasteiger partial charge is 0.418 e. The molecule has 3 saturated heterocycles. The zero-order chi connectivity index (χ0) is 25.4. The normalized spacial score (nSPS) is 24.2. The van der Waals surface area contributed by atoms with Crippen molar-refractivity contribution in [1.29, 1.82) is 0 Å². The first-order valence-corrected chi connectivity index (χ1v) is 13.1. The van der Waals surface area contributed by atoms with Crippen LogP contribution in [-0.2, 0) is 25.8 Å². The molecule has 0 aliphatic carbocycles. The molecule has 0 unspecified atom stereocenters. The summed E-state index contributed by atoms with van der Waals surface area (Å²) in [6.07, 6.45) is 2.74. The Morgan fingerprint density at radius 2 is 1.91 bits per heavy atom. The number of hydrogen-bond acceptors (Lipinski definition) is 10. The van der Waals surface area contributed by atoms with Crippen LogP contribution in [0.25, 0.3) is 0 Å². The molecule has 2 bridgehead atoms. The monoisotopic (exact) mass is 516 g/mol. The first kappa shape index (κ1) is 25.6. The Kier molecular flexibility index (Phi) is 7.22. The fourth-order valence-electron chi connectivity index (χ4n) is 4.62. The average Bonchev–Trinajstić information content (AvgIpc) is 3.31. The van der Waals surface area contributed by atoms with Gasteiger partial charge in [-0.25, -0.2) is 9.59 Å². The highest BCUT2D eigenvalue weighted by Gasteiger charge is 2.49. The van der Waals surface area contributed by atoms with E-state index < -0.39 is 40.2 Å². The number of carbonyl (C=O) groups excluding carboxylic acids is 2. The van der Waals surface area contributed by atoms with Crippen LogP contribution in [0, 0.1) is 0 Å². The Morgan fingerprint density at radius 3 is 2.57 bits per heavy atom. The molecule has 2 atom stereocenters. The lowest BCUT2D eigenvalue weighted by Crippen LogP contribution is -2.46. The minimum Gasteiger partial charge on any atom is -0.444 e. The summed E-state index contributed by atoms with van der Waals surface area (Å²) in [5.74, 6) is 0.745. The minimum atomic E-state index is -4.80. The first-order valence-electron chi connectivity index (χ1n) is 11.7. The molecule has 2 N–H and O–H groups in total. The third-order valence-electron chi connectivity index (χ3n) is 6.22. The van der Waals surface area contributed by atoms with Crippen LogP contribution in [0.4, 0.5) is 9.59 Å². The van der Waals surface area contributed by atoms with Crippen LogP contribution in [-0.4, -0.2) is 94.0 Å². The number of nitrogens with one attached hydrogen (secondary N) is 1. The topological polar surface area (TPSA) is 168 Å². The molecule has 0 saturated carbocycles. The van der Waals surface area contributed by atoms with Gasteiger partial charge in [-0.15, -0.1) is 14.5 Å². The fraction of sp³-hybridized carbons (Fsp3) is 0.800. The second kappa shape index (κ2) is 9.87. The van der Waals surface area contributed by atoms with Crippen LogP contribution in [0.3, 0.4) is 0 Å². The van der Waals surface area contributed by atoms with Crippen LogP contribution in [0.15, 0.2) is 4.42 Å². The van der Waals surface area contributed by atoms with E-state index in [1.165, 1.54) is 4.90 Å². The molecule has 4 rings (SSSR count). The van der Waals surface area contributed by atoms with Crippen molar-refractivity contribution in [2.24, 2.45) is 0 Å². The van der Waals surface area contributed by atoms with Gasteiger partial charge in [-0.3, -0.25) is 4.55 Å². The Labute approximate surface area is 203 Å². The van der Waals surface area contributed by atoms with E-state index >= 15 is 0 Å². The Balaban J connectivity index is 1.24. The third-order valence-corrected chi connectivity index (χ3v) is 6.56. The number of urea groups is 1. The standard InChI is InChI=1S/C20H32N6O8S/c1-20(2,3)33-18(27)21-13-6-9-24(10-7-13)11-8-16-22-23-17(32-16)15-5-4-14-12-25(15)19(28)26(14)34-35(29,30)31/h13-15H,4-12H2,1-3H3,(H,21,27)(H,29,30,31)/t14-,15-/m0/s1. The van der Waals surface area contributed by atoms with E-state index in [0.717, 1.165) is 25.9 Å². The number of hydroxylamine groups is 2. The van der Waals surface area contributed by atoms with Crippen LogP contribution in [0.1, 0.15) is 64.3 Å². The van der Waals surface area contributed by atoms with Crippen molar-refractivity contribution in [3.63, 3.8) is 0 Å². The number of nitrogens with zero attached hydrogens (tertiary/aromatic N) is 5. The number of amides is 3. The second-order valence-electron chi connectivity index (χ2n) is 10.1. The van der Waals surface area contributed by atoms with Gasteiger partial charge in [0, 0.05) is 38.6 Å². The molecule has 14 nitrogen and oxygen atoms in total. The summed E-state index contributed by atoms with van der Waals surface area (Å²) in [7, 11) is -4.80. The van der Waals surface area contributed by atoms with E-state index in [9.17, 15) is 18.0 Å². The van der Waals surface area contributed by atoms with Gasteiger partial charge in [-0.05, 0) is 46.5 Å². The second-order valence-corrected chi connectivity index (χ2v) is 11.1. The van der Waals surface area contributed by atoms with E-state index in [1.807, 2.05) is 20.8 Å². The highest BCUT2D eigenvalue weighted by Crippen LogP contribution is 2.38. The molecule has 3 aliphatic rings. The highest BCUT2D eigenvalue weighted by atomic mass is 32.3. The zero-order valence-corrected chi connectivity index (χ0v) is 20.9. The number of likely N-dealkylation sites (tertiary alicyclic amines) is 1. The fourth-order valence-corrected chi connectivity index (χ4v) is 5.01. The lowest BCUT2D eigenvalue weighted by atomic mass is 10.0. The van der Waals surface area contributed by atoms with Crippen molar-refractivity contribution < 1.29 is 36.0 Å². The van der Waals surface area contributed by atoms with Crippen molar-refractivity contribution in [3.8, 4) is 0 Å². The summed E-state index contributed by atoms with van der Waals surface area (Å²) in [6.45, 7) is 8.08. The molecule has 4 heterocycles. The maximum atomic E-state index is 12.6. The van der Waals surface area contributed by atoms with Crippen LogP contribution in [0.5, 0.6) is 0 Å². The number of carbonyl (C=O) groups is 2. The molecule has 196 valence electrons. The van der Waals surface area contributed by atoms with Gasteiger partial charge in [0.1, 0.15) is 11.6 Å². The molecular formula is C20H32N6O8S. The summed E-state index contributed by atoms with van der Waals surface area (Å²) < 4.78 is 46.6. The number of piperidine rings is 2. The number of aromatic nitrogens is 2. The van der Waals surface area contributed by atoms with Gasteiger partial charge >= 0.3 is 22.5 Å². The van der Waals surface area contributed by atoms with Crippen molar-refractivity contribution in [3.05, 3.63) is 11.8 Å². The van der Waals surface area contributed by atoms with E-state index in [-0.39, 0.29) is 12.6 Å². The van der Waals surface area contributed by atoms with Gasteiger partial charge in [-0.2, -0.15) is 13.5 Å². The predicted molar refractivity (Wildman–Crippen MR) is 119 cm³/mol. The van der Waals surface area contributed by atoms with Crippen LogP contribution < -0.4 is 5.32 Å². The number of hydrogen-bond donors (Lipinski definition) is 2. The van der Waals surface area contributed by atoms with Crippen LogP contribution >= 0.6 is 0 Å². The molecule has 0 spiro atoms. The van der Waals surface area contributed by atoms with E-state index in [2.05, 4.69) is 24.7 Å². The van der Waals surface area contributed by atoms with Crippen LogP contribution in [0.2, 0.25) is 0 Å². The predicted octanol–water partition coefficient (Wildman–Crippen LogP) is 1.28. The number of ether oxygens (including phenoxy) is 1. The summed E-state index contributed by atoms with van der Waals surface area (Å²) in [5, 5.41) is 11.8. The summed E-state index contributed by atoms with van der Waals surface area (Å²) in [4.78, 5) is 28.2. The SMILES string of the molecule is CC(C)(C)OC(=O)NC1CCN(CCc2nnc([C@@H]3CC[C@H]4CN3C(=O)N4OS(=O)(=O)O)o2)CC1. The quantitative estimate of drug-likeness (QED) is 0.501. The zero-order valence-electron chi connectivity index (χ0n) is 20.0. The van der Waals surface area contributed by atoms with Gasteiger partial charge in [-0.1, -0.05) is 0 Å². The molecular weight excluding hydrogens is 484 g/mol. The molecule has 3 aliphatic heterocycles. The van der Waals surface area contributed by atoms with E-state index in [0.29, 0.717) is 42.7 Å². The average molecular weight is 517 g/mol. The van der Waals surface area contributed by atoms with Gasteiger partial charge in [0.15, 0.2) is 0 Å². The molecule has 35 heavy (non-hydrogen) atoms. The van der Waals surface area contributed by atoms with E-state index in [1.54, 1.807) is 0 Å². The maximum Gasteiger partial charge on any atom is 0.418 e. The molecule has 0 radical (unpaired) electrons. The van der Waals surface area contributed by atoms with Crippen molar-refractivity contribution >= 4 is 22.5 Å². The third kappa shape index (κ3) is 6.59. The van der Waals surface area contributed by atoms with E-state index in [4.69, 9.17) is 13.7 Å². The highest BCUT2D eigenvalue weighted by molar-refractivity contribution is 7.80.